The standard InChI is InChI=1S/C12H15N3O/c1-8(2)14-11-4-5-13-12-10(11)6-9(7-16)15(12)3/h4-8H,1-3H3,(H,13,14). The largest absolute Gasteiger partial charge is 0.382 e. The van der Waals surface area contributed by atoms with E-state index in [2.05, 4.69) is 24.1 Å². The Balaban J connectivity index is 2.63. The molecule has 0 unspecified atom stereocenters. The van der Waals surface area contributed by atoms with Gasteiger partial charge in [0.05, 0.1) is 5.69 Å². The molecule has 0 amide bonds. The minimum absolute atomic E-state index is 0.352. The molecule has 0 aliphatic carbocycles. The fourth-order valence-corrected chi connectivity index (χ4v) is 1.79. The number of aldehydes is 1. The molecule has 2 aromatic rings. The number of anilines is 1. The molecule has 0 saturated heterocycles. The van der Waals surface area contributed by atoms with Crippen molar-refractivity contribution in [3.63, 3.8) is 0 Å². The Morgan fingerprint density at radius 1 is 1.50 bits per heavy atom. The number of hydrogen-bond acceptors (Lipinski definition) is 3. The van der Waals surface area contributed by atoms with Gasteiger partial charge in [0.15, 0.2) is 6.29 Å². The molecule has 16 heavy (non-hydrogen) atoms. The molecule has 0 atom stereocenters. The van der Waals surface area contributed by atoms with E-state index in [0.29, 0.717) is 11.7 Å². The van der Waals surface area contributed by atoms with Gasteiger partial charge in [0.25, 0.3) is 0 Å². The van der Waals surface area contributed by atoms with Crippen LogP contribution >= 0.6 is 0 Å². The Bertz CT molecular complexity index is 528. The fourth-order valence-electron chi connectivity index (χ4n) is 1.79. The predicted molar refractivity (Wildman–Crippen MR) is 64.9 cm³/mol. The van der Waals surface area contributed by atoms with Crippen molar-refractivity contribution < 1.29 is 4.79 Å². The molecular weight excluding hydrogens is 202 g/mol. The van der Waals surface area contributed by atoms with Crippen LogP contribution in [0.15, 0.2) is 18.3 Å². The van der Waals surface area contributed by atoms with Crippen molar-refractivity contribution in [2.75, 3.05) is 5.32 Å². The number of nitrogens with zero attached hydrogens (tertiary/aromatic N) is 2. The third-order valence-corrected chi connectivity index (χ3v) is 2.53. The van der Waals surface area contributed by atoms with Crippen LogP contribution in [-0.4, -0.2) is 21.9 Å². The summed E-state index contributed by atoms with van der Waals surface area (Å²) in [5.74, 6) is 0. The third-order valence-electron chi connectivity index (χ3n) is 2.53. The molecule has 2 rings (SSSR count). The van der Waals surface area contributed by atoms with Gasteiger partial charge in [0.1, 0.15) is 5.65 Å². The molecule has 2 heterocycles. The third kappa shape index (κ3) is 1.66. The van der Waals surface area contributed by atoms with E-state index in [9.17, 15) is 4.79 Å². The van der Waals surface area contributed by atoms with Gasteiger partial charge in [-0.25, -0.2) is 4.98 Å². The average Bonchev–Trinajstić information content (AvgIpc) is 2.56. The second kappa shape index (κ2) is 3.96. The lowest BCUT2D eigenvalue weighted by molar-refractivity contribution is 0.111. The number of nitrogens with one attached hydrogen (secondary N) is 1. The molecule has 2 aromatic heterocycles. The van der Waals surface area contributed by atoms with Gasteiger partial charge in [-0.3, -0.25) is 4.79 Å². The highest BCUT2D eigenvalue weighted by atomic mass is 16.1. The van der Waals surface area contributed by atoms with Crippen molar-refractivity contribution in [1.29, 1.82) is 0 Å². The highest BCUT2D eigenvalue weighted by Gasteiger charge is 2.09. The number of carbonyl (C=O) groups is 1. The predicted octanol–water partition coefficient (Wildman–Crippen LogP) is 2.21. The van der Waals surface area contributed by atoms with E-state index in [1.54, 1.807) is 10.8 Å². The molecule has 0 radical (unpaired) electrons. The maximum Gasteiger partial charge on any atom is 0.166 e. The van der Waals surface area contributed by atoms with Gasteiger partial charge in [-0.1, -0.05) is 0 Å². The van der Waals surface area contributed by atoms with Gasteiger partial charge in [-0.2, -0.15) is 0 Å². The first-order chi connectivity index (χ1) is 7.63. The molecule has 0 fully saturated rings. The zero-order valence-electron chi connectivity index (χ0n) is 9.69. The maximum atomic E-state index is 10.9. The first kappa shape index (κ1) is 10.7. The molecule has 0 aliphatic heterocycles. The Morgan fingerprint density at radius 2 is 2.25 bits per heavy atom. The van der Waals surface area contributed by atoms with Crippen molar-refractivity contribution in [2.24, 2.45) is 7.05 Å². The summed E-state index contributed by atoms with van der Waals surface area (Å²) >= 11 is 0. The van der Waals surface area contributed by atoms with Crippen LogP contribution in [0, 0.1) is 0 Å². The van der Waals surface area contributed by atoms with Gasteiger partial charge >= 0.3 is 0 Å². The summed E-state index contributed by atoms with van der Waals surface area (Å²) in [7, 11) is 1.85. The molecule has 0 spiro atoms. The summed E-state index contributed by atoms with van der Waals surface area (Å²) in [6.07, 6.45) is 2.60. The highest BCUT2D eigenvalue weighted by molar-refractivity contribution is 5.94. The van der Waals surface area contributed by atoms with Crippen molar-refractivity contribution in [3.8, 4) is 0 Å². The molecule has 4 heteroatoms. The van der Waals surface area contributed by atoms with E-state index in [0.717, 1.165) is 23.0 Å². The summed E-state index contributed by atoms with van der Waals surface area (Å²) < 4.78 is 1.80. The molecule has 0 saturated carbocycles. The Morgan fingerprint density at radius 3 is 2.88 bits per heavy atom. The van der Waals surface area contributed by atoms with E-state index in [1.807, 2.05) is 19.2 Å². The van der Waals surface area contributed by atoms with Gasteiger partial charge in [0.2, 0.25) is 0 Å². The van der Waals surface area contributed by atoms with Crippen LogP contribution in [0.25, 0.3) is 11.0 Å². The van der Waals surface area contributed by atoms with Crippen LogP contribution in [0.4, 0.5) is 5.69 Å². The second-order valence-corrected chi connectivity index (χ2v) is 4.14. The van der Waals surface area contributed by atoms with Crippen molar-refractivity contribution >= 4 is 23.0 Å². The number of fused-ring (bicyclic) bond motifs is 1. The van der Waals surface area contributed by atoms with Gasteiger partial charge in [-0.15, -0.1) is 0 Å². The van der Waals surface area contributed by atoms with Crippen molar-refractivity contribution in [1.82, 2.24) is 9.55 Å². The zero-order chi connectivity index (χ0) is 11.7. The maximum absolute atomic E-state index is 10.9. The monoisotopic (exact) mass is 217 g/mol. The van der Waals surface area contributed by atoms with Crippen LogP contribution in [-0.2, 0) is 7.05 Å². The summed E-state index contributed by atoms with van der Waals surface area (Å²) in [6.45, 7) is 4.16. The summed E-state index contributed by atoms with van der Waals surface area (Å²) in [5.41, 5.74) is 2.48. The summed E-state index contributed by atoms with van der Waals surface area (Å²) in [6, 6.07) is 4.14. The number of pyridine rings is 1. The first-order valence-corrected chi connectivity index (χ1v) is 5.29. The van der Waals surface area contributed by atoms with E-state index in [1.165, 1.54) is 0 Å². The van der Waals surface area contributed by atoms with Crippen LogP contribution < -0.4 is 5.32 Å². The topological polar surface area (TPSA) is 46.9 Å². The van der Waals surface area contributed by atoms with Crippen molar-refractivity contribution in [2.45, 2.75) is 19.9 Å². The lowest BCUT2D eigenvalue weighted by Gasteiger charge is -2.10. The van der Waals surface area contributed by atoms with Crippen LogP contribution in [0.1, 0.15) is 24.3 Å². The molecule has 1 N–H and O–H groups in total. The van der Waals surface area contributed by atoms with Crippen molar-refractivity contribution in [3.05, 3.63) is 24.0 Å². The van der Waals surface area contributed by atoms with Gasteiger partial charge in [-0.05, 0) is 26.0 Å². The Labute approximate surface area is 94.3 Å². The number of hydrogen-bond donors (Lipinski definition) is 1. The number of aryl methyl sites for hydroxylation is 1. The minimum Gasteiger partial charge on any atom is -0.382 e. The van der Waals surface area contributed by atoms with E-state index in [4.69, 9.17) is 0 Å². The van der Waals surface area contributed by atoms with Crippen LogP contribution in [0.5, 0.6) is 0 Å². The number of carbonyl (C=O) groups excluding carboxylic acids is 1. The summed E-state index contributed by atoms with van der Waals surface area (Å²) in [4.78, 5) is 15.1. The Hall–Kier alpha value is -1.84. The van der Waals surface area contributed by atoms with Crippen LogP contribution in [0.2, 0.25) is 0 Å². The second-order valence-electron chi connectivity index (χ2n) is 4.14. The van der Waals surface area contributed by atoms with E-state index >= 15 is 0 Å². The zero-order valence-corrected chi connectivity index (χ0v) is 9.69. The lowest BCUT2D eigenvalue weighted by atomic mass is 10.2. The first-order valence-electron chi connectivity index (χ1n) is 5.29. The minimum atomic E-state index is 0.352. The molecular formula is C12H15N3O. The Kier molecular flexibility index (Phi) is 2.64. The molecule has 0 aromatic carbocycles. The molecule has 4 nitrogen and oxygen atoms in total. The number of aromatic nitrogens is 2. The lowest BCUT2D eigenvalue weighted by Crippen LogP contribution is -2.09. The summed E-state index contributed by atoms with van der Waals surface area (Å²) in [5, 5.41) is 4.33. The van der Waals surface area contributed by atoms with Gasteiger partial charge in [0, 0.05) is 30.4 Å². The van der Waals surface area contributed by atoms with E-state index < -0.39 is 0 Å². The highest BCUT2D eigenvalue weighted by Crippen LogP contribution is 2.24. The quantitative estimate of drug-likeness (QED) is 0.802. The fraction of sp³-hybridized carbons (Fsp3) is 0.333. The van der Waals surface area contributed by atoms with E-state index in [-0.39, 0.29) is 0 Å². The average molecular weight is 217 g/mol. The smallest absolute Gasteiger partial charge is 0.166 e. The van der Waals surface area contributed by atoms with Crippen LogP contribution in [0.3, 0.4) is 0 Å². The number of rotatable bonds is 3. The van der Waals surface area contributed by atoms with Gasteiger partial charge < -0.3 is 9.88 Å². The molecule has 84 valence electrons. The normalized spacial score (nSPS) is 11.0. The molecule has 0 aliphatic rings. The molecule has 0 bridgehead atoms. The SMILES string of the molecule is CC(C)Nc1ccnc2c1cc(C=O)n2C.